The highest BCUT2D eigenvalue weighted by Gasteiger charge is 2.06. The second kappa shape index (κ2) is 10.2. The fourth-order valence-electron chi connectivity index (χ4n) is 2.37. The fraction of sp³-hybridized carbons (Fsp3) is 1.00. The van der Waals surface area contributed by atoms with Crippen LogP contribution in [-0.2, 0) is 0 Å². The Morgan fingerprint density at radius 1 is 0.625 bits per heavy atom. The number of hydrogen-bond donors (Lipinski definition) is 0. The van der Waals surface area contributed by atoms with Gasteiger partial charge in [-0.05, 0) is 17.8 Å². The first-order chi connectivity index (χ1) is 7.60. The molecule has 0 saturated heterocycles. The predicted octanol–water partition coefficient (Wildman–Crippen LogP) is 6.06. The Labute approximate surface area is 104 Å². The van der Waals surface area contributed by atoms with Crippen LogP contribution in [0.2, 0.25) is 0 Å². The molecule has 0 aromatic heterocycles. The van der Waals surface area contributed by atoms with Gasteiger partial charge < -0.3 is 0 Å². The Kier molecular flexibility index (Phi) is 10.2. The molecule has 0 nitrogen and oxygen atoms in total. The maximum absolute atomic E-state index is 2.44. The highest BCUT2D eigenvalue weighted by Crippen LogP contribution is 2.21. The molecule has 0 rings (SSSR count). The summed E-state index contributed by atoms with van der Waals surface area (Å²) in [6.07, 6.45) is 11.3. The van der Waals surface area contributed by atoms with Crippen molar-refractivity contribution in [2.45, 2.75) is 86.0 Å². The smallest absolute Gasteiger partial charge is 0.0443 e. The number of rotatable bonds is 10. The van der Waals surface area contributed by atoms with E-state index in [2.05, 4.69) is 34.6 Å². The second-order valence-electron chi connectivity index (χ2n) is 6.02. The first-order valence-corrected chi connectivity index (χ1v) is 7.60. The Morgan fingerprint density at radius 3 is 1.62 bits per heavy atom. The molecule has 0 spiro atoms. The van der Waals surface area contributed by atoms with Gasteiger partial charge in [0.15, 0.2) is 0 Å². The lowest BCUT2D eigenvalue weighted by Gasteiger charge is -2.15. The molecule has 3 unspecified atom stereocenters. The lowest BCUT2D eigenvalue weighted by atomic mass is 9.91. The molecule has 0 aromatic carbocycles. The van der Waals surface area contributed by atoms with Gasteiger partial charge in [0.1, 0.15) is 0 Å². The van der Waals surface area contributed by atoms with E-state index in [1.54, 1.807) is 0 Å². The lowest BCUT2D eigenvalue weighted by molar-refractivity contribution is 0.375. The summed E-state index contributed by atoms with van der Waals surface area (Å²) in [5, 5.41) is 0. The van der Waals surface area contributed by atoms with Crippen molar-refractivity contribution in [3.05, 3.63) is 0 Å². The molecule has 0 N–H and O–H groups in total. The van der Waals surface area contributed by atoms with E-state index in [0.29, 0.717) is 0 Å². The average molecular weight is 226 g/mol. The Bertz CT molecular complexity index is 139. The van der Waals surface area contributed by atoms with Crippen molar-refractivity contribution in [1.82, 2.24) is 0 Å². The van der Waals surface area contributed by atoms with Crippen LogP contribution in [0.25, 0.3) is 0 Å². The molecule has 0 radical (unpaired) electrons. The van der Waals surface area contributed by atoms with Crippen molar-refractivity contribution in [2.75, 3.05) is 0 Å². The van der Waals surface area contributed by atoms with Gasteiger partial charge >= 0.3 is 0 Å². The second-order valence-corrected chi connectivity index (χ2v) is 6.02. The summed E-state index contributed by atoms with van der Waals surface area (Å²) in [6.45, 7) is 11.8. The van der Waals surface area contributed by atoms with Crippen LogP contribution < -0.4 is 0 Å². The molecule has 0 aliphatic rings. The average Bonchev–Trinajstić information content (AvgIpc) is 2.26. The highest BCUT2D eigenvalue weighted by molar-refractivity contribution is 4.59. The van der Waals surface area contributed by atoms with Gasteiger partial charge in [-0.15, -0.1) is 0 Å². The first-order valence-electron chi connectivity index (χ1n) is 7.60. The van der Waals surface area contributed by atoms with E-state index in [-0.39, 0.29) is 0 Å². The Balaban J connectivity index is 3.39. The maximum atomic E-state index is 2.44. The van der Waals surface area contributed by atoms with Crippen LogP contribution in [0.3, 0.4) is 0 Å². The number of hydrogen-bond acceptors (Lipinski definition) is 0. The predicted molar refractivity (Wildman–Crippen MR) is 75.8 cm³/mol. The first kappa shape index (κ1) is 16.0. The molecule has 0 heterocycles. The van der Waals surface area contributed by atoms with Crippen molar-refractivity contribution in [3.63, 3.8) is 0 Å². The molecule has 16 heavy (non-hydrogen) atoms. The van der Waals surface area contributed by atoms with Gasteiger partial charge in [-0.3, -0.25) is 0 Å². The molecular weight excluding hydrogens is 192 g/mol. The van der Waals surface area contributed by atoms with Crippen LogP contribution in [0.15, 0.2) is 0 Å². The van der Waals surface area contributed by atoms with Gasteiger partial charge in [0.2, 0.25) is 0 Å². The summed E-state index contributed by atoms with van der Waals surface area (Å²) in [6, 6.07) is 0. The maximum Gasteiger partial charge on any atom is -0.0443 e. The third-order valence-corrected chi connectivity index (χ3v) is 4.02. The monoisotopic (exact) mass is 226 g/mol. The minimum absolute atomic E-state index is 0.932. The van der Waals surface area contributed by atoms with Gasteiger partial charge in [0.05, 0.1) is 0 Å². The molecule has 0 bridgehead atoms. The topological polar surface area (TPSA) is 0 Å². The molecule has 3 atom stereocenters. The van der Waals surface area contributed by atoms with E-state index in [4.69, 9.17) is 0 Å². The zero-order chi connectivity index (χ0) is 12.4. The Hall–Kier alpha value is 0. The fourth-order valence-corrected chi connectivity index (χ4v) is 2.37. The van der Waals surface area contributed by atoms with Crippen LogP contribution in [0.4, 0.5) is 0 Å². The van der Waals surface area contributed by atoms with Gasteiger partial charge in [0, 0.05) is 0 Å². The minimum atomic E-state index is 0.932. The SMILES string of the molecule is CCCC(C)CCCC(C)CCC(C)CC. The summed E-state index contributed by atoms with van der Waals surface area (Å²) in [5.41, 5.74) is 0. The van der Waals surface area contributed by atoms with E-state index in [9.17, 15) is 0 Å². The standard InChI is InChI=1S/C16H34/c1-6-9-15(4)10-8-11-16(5)13-12-14(3)7-2/h14-16H,6-13H2,1-5H3. The largest absolute Gasteiger partial charge is 0.0654 e. The minimum Gasteiger partial charge on any atom is -0.0654 e. The van der Waals surface area contributed by atoms with Crippen LogP contribution in [0, 0.1) is 17.8 Å². The highest BCUT2D eigenvalue weighted by atomic mass is 14.1. The Morgan fingerprint density at radius 2 is 1.12 bits per heavy atom. The van der Waals surface area contributed by atoms with E-state index < -0.39 is 0 Å². The molecule has 0 aliphatic heterocycles. The van der Waals surface area contributed by atoms with E-state index >= 15 is 0 Å². The van der Waals surface area contributed by atoms with Crippen molar-refractivity contribution < 1.29 is 0 Å². The van der Waals surface area contributed by atoms with Gasteiger partial charge in [0.25, 0.3) is 0 Å². The quantitative estimate of drug-likeness (QED) is 0.425. The summed E-state index contributed by atoms with van der Waals surface area (Å²) >= 11 is 0. The van der Waals surface area contributed by atoms with Gasteiger partial charge in [-0.25, -0.2) is 0 Å². The van der Waals surface area contributed by atoms with Gasteiger partial charge in [-0.1, -0.05) is 86.0 Å². The van der Waals surface area contributed by atoms with E-state index in [1.165, 1.54) is 51.4 Å². The van der Waals surface area contributed by atoms with Crippen LogP contribution in [0.5, 0.6) is 0 Å². The van der Waals surface area contributed by atoms with Crippen molar-refractivity contribution in [3.8, 4) is 0 Å². The molecule has 0 saturated carbocycles. The molecule has 0 aliphatic carbocycles. The summed E-state index contributed by atoms with van der Waals surface area (Å²) < 4.78 is 0. The van der Waals surface area contributed by atoms with E-state index in [0.717, 1.165) is 17.8 Å². The van der Waals surface area contributed by atoms with Crippen molar-refractivity contribution in [1.29, 1.82) is 0 Å². The molecule has 0 amide bonds. The zero-order valence-electron chi connectivity index (χ0n) is 12.4. The van der Waals surface area contributed by atoms with Crippen molar-refractivity contribution >= 4 is 0 Å². The van der Waals surface area contributed by atoms with E-state index in [1.807, 2.05) is 0 Å². The summed E-state index contributed by atoms with van der Waals surface area (Å²) in [4.78, 5) is 0. The zero-order valence-corrected chi connectivity index (χ0v) is 12.4. The van der Waals surface area contributed by atoms with Crippen LogP contribution in [0.1, 0.15) is 86.0 Å². The summed E-state index contributed by atoms with van der Waals surface area (Å²) in [7, 11) is 0. The van der Waals surface area contributed by atoms with Crippen LogP contribution in [-0.4, -0.2) is 0 Å². The molecule has 0 aromatic rings. The normalized spacial score (nSPS) is 17.1. The van der Waals surface area contributed by atoms with Gasteiger partial charge in [-0.2, -0.15) is 0 Å². The molecule has 98 valence electrons. The molecule has 0 heteroatoms. The molecular formula is C16H34. The lowest BCUT2D eigenvalue weighted by Crippen LogP contribution is -2.01. The third kappa shape index (κ3) is 9.24. The van der Waals surface area contributed by atoms with Crippen LogP contribution >= 0.6 is 0 Å². The summed E-state index contributed by atoms with van der Waals surface area (Å²) in [5.74, 6) is 2.83. The van der Waals surface area contributed by atoms with Crippen molar-refractivity contribution in [2.24, 2.45) is 17.8 Å². The molecule has 0 fully saturated rings. The third-order valence-electron chi connectivity index (χ3n) is 4.02.